The molecule has 3 atom stereocenters. The Morgan fingerprint density at radius 1 is 1.06 bits per heavy atom. The number of alkyl halides is 1. The first-order chi connectivity index (χ1) is 8.68. The molecule has 2 aliphatic rings. The van der Waals surface area contributed by atoms with E-state index in [4.69, 9.17) is 11.6 Å². The Kier molecular flexibility index (Phi) is 2.71. The molecule has 0 saturated carbocycles. The number of rotatable bonds is 1. The van der Waals surface area contributed by atoms with Crippen molar-refractivity contribution >= 4 is 29.1 Å². The molecule has 2 amide bonds. The highest BCUT2D eigenvalue weighted by Crippen LogP contribution is 2.38. The second kappa shape index (κ2) is 4.25. The van der Waals surface area contributed by atoms with Gasteiger partial charge in [0.05, 0.1) is 22.9 Å². The Morgan fingerprint density at radius 2 is 1.78 bits per heavy atom. The van der Waals surface area contributed by atoms with Crippen molar-refractivity contribution in [3.05, 3.63) is 42.5 Å². The molecular formula is C14H12ClNO2. The van der Waals surface area contributed by atoms with Crippen LogP contribution in [0.25, 0.3) is 0 Å². The SMILES string of the molecule is O=C1C2C=CC(Cl)CC2C(=O)N1c1ccccc1. The number of anilines is 1. The number of hydrogen-bond donors (Lipinski definition) is 0. The van der Waals surface area contributed by atoms with E-state index < -0.39 is 0 Å². The fourth-order valence-electron chi connectivity index (χ4n) is 2.61. The Morgan fingerprint density at radius 3 is 2.50 bits per heavy atom. The molecule has 4 heteroatoms. The van der Waals surface area contributed by atoms with Crippen LogP contribution in [0.3, 0.4) is 0 Å². The minimum atomic E-state index is -0.340. The van der Waals surface area contributed by atoms with E-state index >= 15 is 0 Å². The summed E-state index contributed by atoms with van der Waals surface area (Å²) in [5, 5.41) is -0.154. The first-order valence-electron chi connectivity index (χ1n) is 5.94. The number of benzene rings is 1. The van der Waals surface area contributed by atoms with Crippen LogP contribution in [0.4, 0.5) is 5.69 Å². The molecular weight excluding hydrogens is 250 g/mol. The van der Waals surface area contributed by atoms with Crippen LogP contribution < -0.4 is 4.90 Å². The highest BCUT2D eigenvalue weighted by molar-refractivity contribution is 6.25. The highest BCUT2D eigenvalue weighted by Gasteiger charge is 2.48. The average Bonchev–Trinajstić information content (AvgIpc) is 2.63. The minimum absolute atomic E-state index is 0.133. The lowest BCUT2D eigenvalue weighted by Crippen LogP contribution is -2.30. The molecule has 3 rings (SSSR count). The van der Waals surface area contributed by atoms with Crippen LogP contribution in [0.1, 0.15) is 6.42 Å². The van der Waals surface area contributed by atoms with Gasteiger partial charge in [0.15, 0.2) is 0 Å². The second-order valence-electron chi connectivity index (χ2n) is 4.62. The van der Waals surface area contributed by atoms with E-state index in [2.05, 4.69) is 0 Å². The number of carbonyl (C=O) groups is 2. The number of imide groups is 1. The summed E-state index contributed by atoms with van der Waals surface area (Å²) in [4.78, 5) is 25.9. The molecule has 1 aromatic carbocycles. The standard InChI is InChI=1S/C14H12ClNO2/c15-9-6-7-11-12(8-9)14(18)16(13(11)17)10-4-2-1-3-5-10/h1-7,9,11-12H,8H2. The smallest absolute Gasteiger partial charge is 0.241 e. The van der Waals surface area contributed by atoms with E-state index in [0.29, 0.717) is 12.1 Å². The Hall–Kier alpha value is -1.61. The van der Waals surface area contributed by atoms with Crippen molar-refractivity contribution in [2.75, 3.05) is 4.90 Å². The number of nitrogens with zero attached hydrogens (tertiary/aromatic N) is 1. The van der Waals surface area contributed by atoms with Gasteiger partial charge < -0.3 is 0 Å². The van der Waals surface area contributed by atoms with Crippen molar-refractivity contribution in [1.82, 2.24) is 0 Å². The summed E-state index contributed by atoms with van der Waals surface area (Å²) in [5.41, 5.74) is 0.640. The van der Waals surface area contributed by atoms with Crippen molar-refractivity contribution in [2.24, 2.45) is 11.8 Å². The summed E-state index contributed by atoms with van der Waals surface area (Å²) in [6.07, 6.45) is 4.12. The molecule has 1 saturated heterocycles. The normalized spacial score (nSPS) is 30.7. The quantitative estimate of drug-likeness (QED) is 0.442. The van der Waals surface area contributed by atoms with Gasteiger partial charge in [-0.3, -0.25) is 9.59 Å². The number of allylic oxidation sites excluding steroid dienone is 1. The van der Waals surface area contributed by atoms with Crippen molar-refractivity contribution in [1.29, 1.82) is 0 Å². The van der Waals surface area contributed by atoms with E-state index in [1.54, 1.807) is 18.2 Å². The predicted octanol–water partition coefficient (Wildman–Crippen LogP) is 2.36. The molecule has 3 nitrogen and oxygen atoms in total. The van der Waals surface area contributed by atoms with E-state index in [1.807, 2.05) is 24.3 Å². The summed E-state index contributed by atoms with van der Waals surface area (Å²) >= 11 is 6.02. The molecule has 3 unspecified atom stereocenters. The van der Waals surface area contributed by atoms with Crippen LogP contribution in [0, 0.1) is 11.8 Å². The molecule has 1 aliphatic heterocycles. The van der Waals surface area contributed by atoms with Gasteiger partial charge in [0.2, 0.25) is 11.8 Å². The zero-order chi connectivity index (χ0) is 12.7. The van der Waals surface area contributed by atoms with Gasteiger partial charge in [0.25, 0.3) is 0 Å². The number of halogens is 1. The lowest BCUT2D eigenvalue weighted by Gasteiger charge is -2.18. The van der Waals surface area contributed by atoms with Gasteiger partial charge in [-0.05, 0) is 18.6 Å². The van der Waals surface area contributed by atoms with E-state index in [9.17, 15) is 9.59 Å². The molecule has 1 heterocycles. The average molecular weight is 262 g/mol. The van der Waals surface area contributed by atoms with Crippen molar-refractivity contribution in [3.8, 4) is 0 Å². The third-order valence-corrected chi connectivity index (χ3v) is 3.82. The predicted molar refractivity (Wildman–Crippen MR) is 69.3 cm³/mol. The molecule has 92 valence electrons. The molecule has 0 bridgehead atoms. The number of amides is 2. The van der Waals surface area contributed by atoms with Crippen LogP contribution in [0.2, 0.25) is 0 Å². The van der Waals surface area contributed by atoms with Crippen LogP contribution in [-0.4, -0.2) is 17.2 Å². The summed E-state index contributed by atoms with van der Waals surface area (Å²) in [5.74, 6) is -0.917. The lowest BCUT2D eigenvalue weighted by atomic mass is 9.86. The molecule has 0 radical (unpaired) electrons. The maximum absolute atomic E-state index is 12.3. The van der Waals surface area contributed by atoms with Gasteiger partial charge in [-0.1, -0.05) is 30.4 Å². The molecule has 1 fully saturated rings. The minimum Gasteiger partial charge on any atom is -0.274 e. The topological polar surface area (TPSA) is 37.4 Å². The maximum Gasteiger partial charge on any atom is 0.241 e. The van der Waals surface area contributed by atoms with Crippen LogP contribution in [0.15, 0.2) is 42.5 Å². The Bertz CT molecular complexity index is 526. The van der Waals surface area contributed by atoms with E-state index in [1.165, 1.54) is 4.90 Å². The summed E-state index contributed by atoms with van der Waals surface area (Å²) in [6, 6.07) is 9.04. The third-order valence-electron chi connectivity index (χ3n) is 3.50. The zero-order valence-corrected chi connectivity index (χ0v) is 10.4. The van der Waals surface area contributed by atoms with Crippen LogP contribution >= 0.6 is 11.6 Å². The van der Waals surface area contributed by atoms with E-state index in [-0.39, 0.29) is 29.0 Å². The molecule has 18 heavy (non-hydrogen) atoms. The Balaban J connectivity index is 1.98. The van der Waals surface area contributed by atoms with Gasteiger partial charge in [-0.15, -0.1) is 11.6 Å². The van der Waals surface area contributed by atoms with Gasteiger partial charge in [-0.2, -0.15) is 0 Å². The van der Waals surface area contributed by atoms with Gasteiger partial charge >= 0.3 is 0 Å². The first kappa shape index (κ1) is 11.5. The fourth-order valence-corrected chi connectivity index (χ4v) is 2.88. The number of para-hydroxylation sites is 1. The fraction of sp³-hybridized carbons (Fsp3) is 0.286. The molecule has 0 N–H and O–H groups in total. The summed E-state index contributed by atoms with van der Waals surface area (Å²) in [7, 11) is 0. The second-order valence-corrected chi connectivity index (χ2v) is 5.18. The number of fused-ring (bicyclic) bond motifs is 1. The van der Waals surface area contributed by atoms with Crippen LogP contribution in [-0.2, 0) is 9.59 Å². The Labute approximate surface area is 110 Å². The highest BCUT2D eigenvalue weighted by atomic mass is 35.5. The van der Waals surface area contributed by atoms with Crippen molar-refractivity contribution in [2.45, 2.75) is 11.8 Å². The third kappa shape index (κ3) is 1.66. The van der Waals surface area contributed by atoms with Crippen LogP contribution in [0.5, 0.6) is 0 Å². The van der Waals surface area contributed by atoms with Gasteiger partial charge in [0, 0.05) is 0 Å². The van der Waals surface area contributed by atoms with Gasteiger partial charge in [-0.25, -0.2) is 4.90 Å². The maximum atomic E-state index is 12.3. The summed E-state index contributed by atoms with van der Waals surface area (Å²) < 4.78 is 0. The largest absolute Gasteiger partial charge is 0.274 e. The van der Waals surface area contributed by atoms with Crippen molar-refractivity contribution in [3.63, 3.8) is 0 Å². The zero-order valence-electron chi connectivity index (χ0n) is 9.62. The monoisotopic (exact) mass is 261 g/mol. The molecule has 1 aromatic rings. The molecule has 1 aliphatic carbocycles. The van der Waals surface area contributed by atoms with Crippen molar-refractivity contribution < 1.29 is 9.59 Å². The van der Waals surface area contributed by atoms with Gasteiger partial charge in [0.1, 0.15) is 0 Å². The van der Waals surface area contributed by atoms with E-state index in [0.717, 1.165) is 0 Å². The number of hydrogen-bond acceptors (Lipinski definition) is 2. The summed E-state index contributed by atoms with van der Waals surface area (Å²) in [6.45, 7) is 0. The first-order valence-corrected chi connectivity index (χ1v) is 6.37. The number of carbonyl (C=O) groups excluding carboxylic acids is 2. The lowest BCUT2D eigenvalue weighted by molar-refractivity contribution is -0.122. The molecule has 0 spiro atoms. The molecule has 0 aromatic heterocycles.